The summed E-state index contributed by atoms with van der Waals surface area (Å²) in [5, 5.41) is 0. The van der Waals surface area contributed by atoms with Gasteiger partial charge in [-0.3, -0.25) is 0 Å². The van der Waals surface area contributed by atoms with E-state index in [1.54, 1.807) is 0 Å². The molecule has 0 saturated heterocycles. The molecule has 0 radical (unpaired) electrons. The molecular weight excluding hydrogens is 264 g/mol. The Morgan fingerprint density at radius 3 is 2.14 bits per heavy atom. The highest BCUT2D eigenvalue weighted by Crippen LogP contribution is 2.57. The van der Waals surface area contributed by atoms with Crippen molar-refractivity contribution < 1.29 is 0 Å². The van der Waals surface area contributed by atoms with Gasteiger partial charge in [-0.2, -0.15) is 0 Å². The molecule has 2 aromatic rings. The number of rotatable bonds is 0. The van der Waals surface area contributed by atoms with Crippen LogP contribution in [0.4, 0.5) is 0 Å². The summed E-state index contributed by atoms with van der Waals surface area (Å²) in [5.74, 6) is 0. The Morgan fingerprint density at radius 1 is 0.727 bits per heavy atom. The molecule has 0 aromatic heterocycles. The van der Waals surface area contributed by atoms with E-state index in [-0.39, 0.29) is 5.41 Å². The maximum absolute atomic E-state index is 2.41. The fourth-order valence-corrected chi connectivity index (χ4v) is 4.24. The van der Waals surface area contributed by atoms with Gasteiger partial charge in [0.05, 0.1) is 5.41 Å². The number of benzene rings is 2. The summed E-state index contributed by atoms with van der Waals surface area (Å²) in [5.41, 5.74) is 8.38. The number of hydrogen-bond acceptors (Lipinski definition) is 0. The van der Waals surface area contributed by atoms with Crippen LogP contribution in [0, 0.1) is 0 Å². The van der Waals surface area contributed by atoms with E-state index in [1.165, 1.54) is 33.4 Å². The average molecular weight is 280 g/mol. The van der Waals surface area contributed by atoms with Crippen molar-refractivity contribution in [2.75, 3.05) is 0 Å². The fraction of sp³-hybridized carbons (Fsp3) is 0.0909. The van der Waals surface area contributed by atoms with E-state index in [0.29, 0.717) is 0 Å². The lowest BCUT2D eigenvalue weighted by Crippen LogP contribution is -2.22. The monoisotopic (exact) mass is 280 g/mol. The zero-order valence-corrected chi connectivity index (χ0v) is 12.3. The van der Waals surface area contributed by atoms with Crippen molar-refractivity contribution in [3.05, 3.63) is 107 Å². The topological polar surface area (TPSA) is 0 Å². The van der Waals surface area contributed by atoms with Gasteiger partial charge in [-0.1, -0.05) is 85.0 Å². The van der Waals surface area contributed by atoms with Gasteiger partial charge >= 0.3 is 0 Å². The van der Waals surface area contributed by atoms with Gasteiger partial charge in [0.15, 0.2) is 0 Å². The molecule has 0 atom stereocenters. The van der Waals surface area contributed by atoms with Gasteiger partial charge in [0, 0.05) is 0 Å². The van der Waals surface area contributed by atoms with Crippen LogP contribution in [0.5, 0.6) is 0 Å². The number of allylic oxidation sites excluding steroid dienone is 8. The van der Waals surface area contributed by atoms with Crippen molar-refractivity contribution in [1.29, 1.82) is 0 Å². The average Bonchev–Trinajstić information content (AvgIpc) is 2.96. The Labute approximate surface area is 130 Å². The van der Waals surface area contributed by atoms with Crippen LogP contribution in [0.2, 0.25) is 0 Å². The Morgan fingerprint density at radius 2 is 1.41 bits per heavy atom. The molecule has 104 valence electrons. The fourth-order valence-electron chi connectivity index (χ4n) is 4.24. The van der Waals surface area contributed by atoms with Crippen molar-refractivity contribution in [2.45, 2.75) is 11.8 Å². The Hall–Kier alpha value is -2.60. The molecule has 0 fully saturated rings. The summed E-state index contributed by atoms with van der Waals surface area (Å²) in [6.45, 7) is 0. The molecule has 0 heterocycles. The lowest BCUT2D eigenvalue weighted by atomic mass is 9.73. The Kier molecular flexibility index (Phi) is 2.29. The normalized spacial score (nSPS) is 19.3. The Bertz CT molecular complexity index is 858. The third-order valence-corrected chi connectivity index (χ3v) is 5.15. The van der Waals surface area contributed by atoms with Gasteiger partial charge in [-0.15, -0.1) is 0 Å². The van der Waals surface area contributed by atoms with Crippen LogP contribution in [0.1, 0.15) is 17.5 Å². The van der Waals surface area contributed by atoms with Crippen LogP contribution in [0.25, 0.3) is 11.1 Å². The number of fused-ring (bicyclic) bond motifs is 6. The summed E-state index contributed by atoms with van der Waals surface area (Å²) in [6.07, 6.45) is 14.6. The summed E-state index contributed by atoms with van der Waals surface area (Å²) < 4.78 is 0. The first-order chi connectivity index (χ1) is 10.9. The highest BCUT2D eigenvalue weighted by atomic mass is 14.5. The van der Waals surface area contributed by atoms with E-state index in [2.05, 4.69) is 85.0 Å². The van der Waals surface area contributed by atoms with Crippen LogP contribution in [-0.4, -0.2) is 0 Å². The molecule has 22 heavy (non-hydrogen) atoms. The van der Waals surface area contributed by atoms with Gasteiger partial charge in [-0.25, -0.2) is 0 Å². The molecule has 0 aliphatic heterocycles. The standard InChI is InChI=1S/C22H16/c1-2-8-16-14-15-22(19(16)11-3-1)20-12-6-4-9-17(20)18-10-5-7-13-21(18)22/h1-7,9-15H,8H2. The quantitative estimate of drug-likeness (QED) is 0.611. The lowest BCUT2D eigenvalue weighted by Gasteiger charge is -2.28. The molecular formula is C22H16. The molecule has 0 bridgehead atoms. The van der Waals surface area contributed by atoms with Crippen LogP contribution < -0.4 is 0 Å². The molecule has 0 nitrogen and oxygen atoms in total. The molecule has 5 rings (SSSR count). The van der Waals surface area contributed by atoms with Crippen LogP contribution in [0.15, 0.2) is 96.1 Å². The summed E-state index contributed by atoms with van der Waals surface area (Å²) >= 11 is 0. The minimum absolute atomic E-state index is 0.0922. The maximum atomic E-state index is 2.41. The number of hydrogen-bond donors (Lipinski definition) is 0. The largest absolute Gasteiger partial charge is 0.0801 e. The first-order valence-electron chi connectivity index (χ1n) is 7.87. The van der Waals surface area contributed by atoms with Crippen molar-refractivity contribution in [3.63, 3.8) is 0 Å². The van der Waals surface area contributed by atoms with Gasteiger partial charge in [-0.05, 0) is 39.8 Å². The van der Waals surface area contributed by atoms with E-state index in [9.17, 15) is 0 Å². The van der Waals surface area contributed by atoms with Crippen LogP contribution in [-0.2, 0) is 5.41 Å². The molecule has 0 heteroatoms. The summed E-state index contributed by atoms with van der Waals surface area (Å²) in [4.78, 5) is 0. The molecule has 0 N–H and O–H groups in total. The predicted molar refractivity (Wildman–Crippen MR) is 91.7 cm³/mol. The van der Waals surface area contributed by atoms with E-state index in [4.69, 9.17) is 0 Å². The van der Waals surface area contributed by atoms with E-state index < -0.39 is 0 Å². The van der Waals surface area contributed by atoms with E-state index in [0.717, 1.165) is 6.42 Å². The van der Waals surface area contributed by atoms with Gasteiger partial charge in [0.1, 0.15) is 0 Å². The van der Waals surface area contributed by atoms with Crippen molar-refractivity contribution >= 4 is 0 Å². The van der Waals surface area contributed by atoms with Crippen LogP contribution >= 0.6 is 0 Å². The van der Waals surface area contributed by atoms with Gasteiger partial charge in [0.25, 0.3) is 0 Å². The highest BCUT2D eigenvalue weighted by Gasteiger charge is 2.45. The molecule has 0 amide bonds. The summed E-state index contributed by atoms with van der Waals surface area (Å²) in [7, 11) is 0. The lowest BCUT2D eigenvalue weighted by molar-refractivity contribution is 0.813. The molecule has 3 aliphatic rings. The second-order valence-electron chi connectivity index (χ2n) is 6.16. The van der Waals surface area contributed by atoms with Crippen LogP contribution in [0.3, 0.4) is 0 Å². The SMILES string of the molecule is C1=CCC2=C(C=C1)C1(C=C2)c2ccccc2-c2ccccc21. The molecule has 0 saturated carbocycles. The zero-order chi connectivity index (χ0) is 14.6. The zero-order valence-electron chi connectivity index (χ0n) is 12.3. The minimum Gasteiger partial charge on any atom is -0.0801 e. The summed E-state index contributed by atoms with van der Waals surface area (Å²) in [6, 6.07) is 17.7. The van der Waals surface area contributed by atoms with Gasteiger partial charge in [0.2, 0.25) is 0 Å². The van der Waals surface area contributed by atoms with Crippen molar-refractivity contribution in [2.24, 2.45) is 0 Å². The predicted octanol–water partition coefficient (Wildman–Crippen LogP) is 5.34. The minimum atomic E-state index is -0.0922. The molecule has 1 spiro atoms. The second-order valence-corrected chi connectivity index (χ2v) is 6.16. The first-order valence-corrected chi connectivity index (χ1v) is 7.87. The van der Waals surface area contributed by atoms with E-state index >= 15 is 0 Å². The Balaban J connectivity index is 1.90. The third-order valence-electron chi connectivity index (χ3n) is 5.15. The van der Waals surface area contributed by atoms with Crippen molar-refractivity contribution in [1.82, 2.24) is 0 Å². The molecule has 3 aliphatic carbocycles. The first kappa shape index (κ1) is 12.0. The highest BCUT2D eigenvalue weighted by molar-refractivity contribution is 5.86. The van der Waals surface area contributed by atoms with Crippen molar-refractivity contribution in [3.8, 4) is 11.1 Å². The second kappa shape index (κ2) is 4.20. The molecule has 0 unspecified atom stereocenters. The van der Waals surface area contributed by atoms with E-state index in [1.807, 2.05) is 0 Å². The smallest absolute Gasteiger partial charge is 0.0650 e. The molecule has 2 aromatic carbocycles. The maximum Gasteiger partial charge on any atom is 0.0650 e. The van der Waals surface area contributed by atoms with Gasteiger partial charge < -0.3 is 0 Å². The third kappa shape index (κ3) is 1.33.